The molecule has 5 nitrogen and oxygen atoms in total. The molecule has 0 spiro atoms. The number of hydrogen-bond donors (Lipinski definition) is 0. The van der Waals surface area contributed by atoms with Crippen LogP contribution in [0.4, 0.5) is 0 Å². The fraction of sp³-hybridized carbons (Fsp3) is 0.524. The summed E-state index contributed by atoms with van der Waals surface area (Å²) in [5.41, 5.74) is 4.69. The molecule has 2 aliphatic rings. The van der Waals surface area contributed by atoms with Crippen LogP contribution in [0.3, 0.4) is 0 Å². The molecule has 138 valence electrons. The molecule has 0 N–H and O–H groups in total. The lowest BCUT2D eigenvalue weighted by molar-refractivity contribution is 0.147. The summed E-state index contributed by atoms with van der Waals surface area (Å²) in [5.74, 6) is 1.95. The smallest absolute Gasteiger partial charge is 0.257 e. The molecule has 0 bridgehead atoms. The van der Waals surface area contributed by atoms with E-state index < -0.39 is 0 Å². The summed E-state index contributed by atoms with van der Waals surface area (Å²) >= 11 is 0. The van der Waals surface area contributed by atoms with Crippen LogP contribution in [0.1, 0.15) is 54.4 Å². The average Bonchev–Trinajstić information content (AvgIpc) is 2.66. The maximum atomic E-state index is 5.66. The quantitative estimate of drug-likeness (QED) is 0.840. The van der Waals surface area contributed by atoms with Crippen LogP contribution in [-0.2, 0) is 0 Å². The number of pyridine rings is 2. The first-order chi connectivity index (χ1) is 12.6. The molecule has 0 amide bonds. The van der Waals surface area contributed by atoms with E-state index in [4.69, 9.17) is 14.5 Å². The second-order valence-corrected chi connectivity index (χ2v) is 7.43. The number of aromatic nitrogens is 2. The zero-order chi connectivity index (χ0) is 18.1. The van der Waals surface area contributed by atoms with Crippen LogP contribution >= 0.6 is 0 Å². The Kier molecular flexibility index (Phi) is 4.81. The maximum absolute atomic E-state index is 5.66. The molecule has 2 aromatic heterocycles. The van der Waals surface area contributed by atoms with Crippen molar-refractivity contribution in [2.24, 2.45) is 0 Å². The van der Waals surface area contributed by atoms with Gasteiger partial charge in [-0.2, -0.15) is 0 Å². The normalized spacial score (nSPS) is 21.4. The standard InChI is InChI=1S/C21H27N3O2/c1-14-11-18(12-15(2)22-14)17-5-4-8-24(13-17)16(3)19-6-7-20-21(23-19)26-10-9-25-20/h6-7,11-12,16-17H,4-5,8-10,13H2,1-3H3/t16-,17+/m1/s1. The minimum Gasteiger partial charge on any atom is -0.484 e. The Morgan fingerprint density at radius 3 is 2.65 bits per heavy atom. The molecule has 0 radical (unpaired) electrons. The van der Waals surface area contributed by atoms with Crippen molar-refractivity contribution < 1.29 is 9.47 Å². The molecular formula is C21H27N3O2. The van der Waals surface area contributed by atoms with E-state index >= 15 is 0 Å². The Balaban J connectivity index is 1.52. The summed E-state index contributed by atoms with van der Waals surface area (Å²) in [6, 6.07) is 8.81. The number of ether oxygens (including phenoxy) is 2. The Morgan fingerprint density at radius 1 is 1.08 bits per heavy atom. The highest BCUT2D eigenvalue weighted by Gasteiger charge is 2.27. The molecule has 26 heavy (non-hydrogen) atoms. The lowest BCUT2D eigenvalue weighted by atomic mass is 9.89. The predicted octanol–water partition coefficient (Wildman–Crippen LogP) is 3.81. The summed E-state index contributed by atoms with van der Waals surface area (Å²) in [6.07, 6.45) is 2.45. The number of hydrogen-bond acceptors (Lipinski definition) is 5. The lowest BCUT2D eigenvalue weighted by Gasteiger charge is -2.37. The van der Waals surface area contributed by atoms with Gasteiger partial charge in [0.05, 0.1) is 5.69 Å². The molecule has 4 heterocycles. The number of nitrogens with zero attached hydrogens (tertiary/aromatic N) is 3. The van der Waals surface area contributed by atoms with Crippen molar-refractivity contribution in [1.29, 1.82) is 0 Å². The summed E-state index contributed by atoms with van der Waals surface area (Å²) in [7, 11) is 0. The minimum atomic E-state index is 0.262. The SMILES string of the molecule is Cc1cc([C@H]2CCCN([C@H](C)c3ccc4c(n3)OCCO4)C2)cc(C)n1. The van der Waals surface area contributed by atoms with E-state index in [0.717, 1.165) is 35.9 Å². The van der Waals surface area contributed by atoms with E-state index in [2.05, 4.69) is 48.9 Å². The molecule has 2 atom stereocenters. The van der Waals surface area contributed by atoms with Crippen molar-refractivity contribution in [2.45, 2.75) is 45.6 Å². The fourth-order valence-electron chi connectivity index (χ4n) is 4.10. The van der Waals surface area contributed by atoms with Crippen molar-refractivity contribution in [2.75, 3.05) is 26.3 Å². The van der Waals surface area contributed by atoms with E-state index in [1.165, 1.54) is 18.4 Å². The molecule has 2 aliphatic heterocycles. The Morgan fingerprint density at radius 2 is 1.85 bits per heavy atom. The topological polar surface area (TPSA) is 47.5 Å². The Labute approximate surface area is 155 Å². The Bertz CT molecular complexity index is 773. The van der Waals surface area contributed by atoms with Crippen molar-refractivity contribution in [3.8, 4) is 11.6 Å². The van der Waals surface area contributed by atoms with Crippen LogP contribution in [-0.4, -0.2) is 41.2 Å². The second-order valence-electron chi connectivity index (χ2n) is 7.43. The summed E-state index contributed by atoms with van der Waals surface area (Å²) in [4.78, 5) is 11.8. The van der Waals surface area contributed by atoms with Gasteiger partial charge in [0.2, 0.25) is 0 Å². The maximum Gasteiger partial charge on any atom is 0.257 e. The van der Waals surface area contributed by atoms with Gasteiger partial charge in [-0.05, 0) is 75.9 Å². The highest BCUT2D eigenvalue weighted by Crippen LogP contribution is 2.34. The van der Waals surface area contributed by atoms with E-state index in [0.29, 0.717) is 25.0 Å². The van der Waals surface area contributed by atoms with Crippen LogP contribution in [0.5, 0.6) is 11.6 Å². The Hall–Kier alpha value is -2.14. The highest BCUT2D eigenvalue weighted by atomic mass is 16.6. The van der Waals surface area contributed by atoms with Crippen molar-refractivity contribution >= 4 is 0 Å². The third-order valence-electron chi connectivity index (χ3n) is 5.43. The van der Waals surface area contributed by atoms with Gasteiger partial charge in [0, 0.05) is 24.0 Å². The third-order valence-corrected chi connectivity index (χ3v) is 5.43. The summed E-state index contributed by atoms with van der Waals surface area (Å²) in [5, 5.41) is 0. The summed E-state index contributed by atoms with van der Waals surface area (Å²) in [6.45, 7) is 9.74. The molecule has 0 saturated carbocycles. The monoisotopic (exact) mass is 353 g/mol. The number of fused-ring (bicyclic) bond motifs is 1. The summed E-state index contributed by atoms with van der Waals surface area (Å²) < 4.78 is 11.3. The molecular weight excluding hydrogens is 326 g/mol. The molecule has 1 saturated heterocycles. The predicted molar refractivity (Wildman–Crippen MR) is 101 cm³/mol. The molecule has 0 aromatic carbocycles. The molecule has 0 unspecified atom stereocenters. The number of rotatable bonds is 3. The van der Waals surface area contributed by atoms with Gasteiger partial charge in [-0.1, -0.05) is 0 Å². The molecule has 4 rings (SSSR count). The van der Waals surface area contributed by atoms with E-state index in [9.17, 15) is 0 Å². The van der Waals surface area contributed by atoms with Crippen LogP contribution in [0.15, 0.2) is 24.3 Å². The van der Waals surface area contributed by atoms with Gasteiger partial charge < -0.3 is 9.47 Å². The first-order valence-electron chi connectivity index (χ1n) is 9.56. The van der Waals surface area contributed by atoms with Crippen LogP contribution in [0.25, 0.3) is 0 Å². The van der Waals surface area contributed by atoms with Gasteiger partial charge in [-0.3, -0.25) is 9.88 Å². The lowest BCUT2D eigenvalue weighted by Crippen LogP contribution is -2.36. The molecule has 0 aliphatic carbocycles. The van der Waals surface area contributed by atoms with Crippen molar-refractivity contribution in [3.63, 3.8) is 0 Å². The van der Waals surface area contributed by atoms with Crippen LogP contribution < -0.4 is 9.47 Å². The van der Waals surface area contributed by atoms with Gasteiger partial charge in [0.1, 0.15) is 13.2 Å². The average molecular weight is 353 g/mol. The van der Waals surface area contributed by atoms with Crippen LogP contribution in [0, 0.1) is 13.8 Å². The number of piperidine rings is 1. The van der Waals surface area contributed by atoms with E-state index in [1.54, 1.807) is 0 Å². The van der Waals surface area contributed by atoms with Gasteiger partial charge in [-0.25, -0.2) is 4.98 Å². The third kappa shape index (κ3) is 3.54. The fourth-order valence-corrected chi connectivity index (χ4v) is 4.10. The molecule has 5 heteroatoms. The minimum absolute atomic E-state index is 0.262. The molecule has 1 fully saturated rings. The zero-order valence-corrected chi connectivity index (χ0v) is 15.9. The molecule has 2 aromatic rings. The van der Waals surface area contributed by atoms with Gasteiger partial charge in [-0.15, -0.1) is 0 Å². The van der Waals surface area contributed by atoms with Crippen molar-refractivity contribution in [1.82, 2.24) is 14.9 Å². The van der Waals surface area contributed by atoms with Gasteiger partial charge >= 0.3 is 0 Å². The number of aryl methyl sites for hydroxylation is 2. The van der Waals surface area contributed by atoms with Gasteiger partial charge in [0.15, 0.2) is 5.75 Å². The van der Waals surface area contributed by atoms with Crippen molar-refractivity contribution in [3.05, 3.63) is 46.9 Å². The van der Waals surface area contributed by atoms with Gasteiger partial charge in [0.25, 0.3) is 5.88 Å². The first-order valence-corrected chi connectivity index (χ1v) is 9.56. The zero-order valence-electron chi connectivity index (χ0n) is 15.9. The second kappa shape index (κ2) is 7.23. The van der Waals surface area contributed by atoms with E-state index in [1.807, 2.05) is 6.07 Å². The largest absolute Gasteiger partial charge is 0.484 e. The highest BCUT2D eigenvalue weighted by molar-refractivity contribution is 5.36. The number of likely N-dealkylation sites (tertiary alicyclic amines) is 1. The van der Waals surface area contributed by atoms with Crippen LogP contribution in [0.2, 0.25) is 0 Å². The van der Waals surface area contributed by atoms with E-state index in [-0.39, 0.29) is 6.04 Å². The first kappa shape index (κ1) is 17.3.